The van der Waals surface area contributed by atoms with Crippen molar-refractivity contribution < 1.29 is 22.4 Å². The normalized spacial score (nSPS) is 10.9. The molecule has 10 heteroatoms. The molecule has 1 heterocycles. The molecule has 162 valence electrons. The van der Waals surface area contributed by atoms with Crippen LogP contribution in [0.5, 0.6) is 0 Å². The van der Waals surface area contributed by atoms with Crippen LogP contribution in [0.1, 0.15) is 0 Å². The summed E-state index contributed by atoms with van der Waals surface area (Å²) in [6, 6.07) is 15.8. The van der Waals surface area contributed by atoms with E-state index in [1.165, 1.54) is 12.1 Å². The van der Waals surface area contributed by atoms with E-state index in [-0.39, 0.29) is 5.75 Å². The number of thioether (sulfide) groups is 1. The molecule has 0 atom stereocenters. The summed E-state index contributed by atoms with van der Waals surface area (Å²) >= 11 is 1.01. The zero-order valence-corrected chi connectivity index (χ0v) is 17.0. The Morgan fingerprint density at radius 1 is 0.875 bits per heavy atom. The van der Waals surface area contributed by atoms with E-state index in [2.05, 4.69) is 15.5 Å². The lowest BCUT2D eigenvalue weighted by molar-refractivity contribution is -0.113. The van der Waals surface area contributed by atoms with Crippen molar-refractivity contribution in [2.75, 3.05) is 11.1 Å². The monoisotopic (exact) mass is 458 g/mol. The Morgan fingerprint density at radius 2 is 1.56 bits per heavy atom. The van der Waals surface area contributed by atoms with Crippen molar-refractivity contribution in [2.45, 2.75) is 5.16 Å². The summed E-state index contributed by atoms with van der Waals surface area (Å²) in [7, 11) is 0. The van der Waals surface area contributed by atoms with Crippen LogP contribution in [0.4, 0.5) is 23.2 Å². The summed E-state index contributed by atoms with van der Waals surface area (Å²) in [5.41, 5.74) is 0.861. The van der Waals surface area contributed by atoms with E-state index >= 15 is 0 Å². The Bertz CT molecular complexity index is 1260. The van der Waals surface area contributed by atoms with Crippen molar-refractivity contribution in [1.29, 1.82) is 0 Å². The maximum atomic E-state index is 13.8. The Kier molecular flexibility index (Phi) is 6.22. The van der Waals surface area contributed by atoms with Gasteiger partial charge in [-0.25, -0.2) is 17.6 Å². The topological polar surface area (TPSA) is 59.8 Å². The molecule has 1 amide bonds. The average molecular weight is 458 g/mol. The smallest absolute Gasteiger partial charge is 0.234 e. The maximum Gasteiger partial charge on any atom is 0.234 e. The number of para-hydroxylation sites is 1. The van der Waals surface area contributed by atoms with Crippen LogP contribution < -0.4 is 5.32 Å². The van der Waals surface area contributed by atoms with Gasteiger partial charge in [-0.2, -0.15) is 0 Å². The lowest BCUT2D eigenvalue weighted by atomic mass is 10.2. The van der Waals surface area contributed by atoms with Crippen molar-refractivity contribution in [3.05, 3.63) is 90.0 Å². The van der Waals surface area contributed by atoms with E-state index in [1.54, 1.807) is 16.7 Å². The number of hydrogen-bond donors (Lipinski definition) is 1. The van der Waals surface area contributed by atoms with Gasteiger partial charge in [0, 0.05) is 23.4 Å². The maximum absolute atomic E-state index is 13.8. The molecule has 3 aromatic carbocycles. The molecular weight excluding hydrogens is 444 g/mol. The van der Waals surface area contributed by atoms with Crippen molar-refractivity contribution in [1.82, 2.24) is 14.8 Å². The van der Waals surface area contributed by atoms with Gasteiger partial charge in [0.2, 0.25) is 5.91 Å². The fourth-order valence-electron chi connectivity index (χ4n) is 2.89. The van der Waals surface area contributed by atoms with Crippen LogP contribution in [0.2, 0.25) is 0 Å². The van der Waals surface area contributed by atoms with Gasteiger partial charge in [-0.3, -0.25) is 9.36 Å². The van der Waals surface area contributed by atoms with E-state index in [0.717, 1.165) is 11.8 Å². The Hall–Kier alpha value is -3.66. The van der Waals surface area contributed by atoms with Crippen molar-refractivity contribution in [2.24, 2.45) is 0 Å². The number of rotatable bonds is 6. The van der Waals surface area contributed by atoms with Gasteiger partial charge >= 0.3 is 0 Å². The molecule has 0 bridgehead atoms. The predicted octanol–water partition coefficient (Wildman–Crippen LogP) is 5.22. The van der Waals surface area contributed by atoms with E-state index in [4.69, 9.17) is 0 Å². The van der Waals surface area contributed by atoms with Gasteiger partial charge in [0.05, 0.1) is 11.4 Å². The van der Waals surface area contributed by atoms with Crippen LogP contribution >= 0.6 is 11.8 Å². The van der Waals surface area contributed by atoms with Gasteiger partial charge in [0.25, 0.3) is 0 Å². The lowest BCUT2D eigenvalue weighted by Gasteiger charge is -2.11. The van der Waals surface area contributed by atoms with Crippen LogP contribution in [-0.4, -0.2) is 26.4 Å². The fraction of sp³-hybridized carbons (Fsp3) is 0.0455. The summed E-state index contributed by atoms with van der Waals surface area (Å²) in [6.45, 7) is 0. The molecular formula is C22H14F4N4OS. The number of aromatic nitrogens is 3. The van der Waals surface area contributed by atoms with Gasteiger partial charge in [-0.05, 0) is 36.4 Å². The van der Waals surface area contributed by atoms with Crippen LogP contribution in [0.25, 0.3) is 17.1 Å². The molecule has 0 aliphatic heterocycles. The molecule has 4 rings (SSSR count). The number of hydrogen-bond acceptors (Lipinski definition) is 4. The molecule has 1 N–H and O–H groups in total. The number of carbonyl (C=O) groups is 1. The number of benzene rings is 3. The third kappa shape index (κ3) is 4.65. The van der Waals surface area contributed by atoms with E-state index in [9.17, 15) is 22.4 Å². The zero-order chi connectivity index (χ0) is 22.7. The molecule has 0 saturated carbocycles. The van der Waals surface area contributed by atoms with Crippen LogP contribution in [0.15, 0.2) is 71.9 Å². The molecule has 0 radical (unpaired) electrons. The number of amides is 1. The molecule has 1 aromatic heterocycles. The third-order valence-electron chi connectivity index (χ3n) is 4.37. The van der Waals surface area contributed by atoms with Crippen LogP contribution in [0.3, 0.4) is 0 Å². The summed E-state index contributed by atoms with van der Waals surface area (Å²) in [5.74, 6) is -4.52. The highest BCUT2D eigenvalue weighted by molar-refractivity contribution is 7.99. The molecule has 0 spiro atoms. The van der Waals surface area contributed by atoms with Gasteiger partial charge in [-0.15, -0.1) is 10.2 Å². The highest BCUT2D eigenvalue weighted by Crippen LogP contribution is 2.28. The minimum atomic E-state index is -1.35. The molecule has 4 aromatic rings. The summed E-state index contributed by atoms with van der Waals surface area (Å²) in [5, 5.41) is 10.9. The first-order valence-corrected chi connectivity index (χ1v) is 10.2. The van der Waals surface area contributed by atoms with Crippen molar-refractivity contribution in [3.63, 3.8) is 0 Å². The second-order valence-corrected chi connectivity index (χ2v) is 7.51. The second kappa shape index (κ2) is 9.23. The fourth-order valence-corrected chi connectivity index (χ4v) is 3.65. The molecule has 0 saturated heterocycles. The number of anilines is 1. The lowest BCUT2D eigenvalue weighted by Crippen LogP contribution is -2.16. The average Bonchev–Trinajstić information content (AvgIpc) is 3.21. The Balaban J connectivity index is 1.58. The molecule has 0 unspecified atom stereocenters. The quantitative estimate of drug-likeness (QED) is 0.245. The molecule has 0 aliphatic rings. The number of nitrogens with zero attached hydrogens (tertiary/aromatic N) is 3. The first kappa shape index (κ1) is 21.6. The molecule has 5 nitrogen and oxygen atoms in total. The van der Waals surface area contributed by atoms with Gasteiger partial charge in [-0.1, -0.05) is 30.0 Å². The number of halogens is 4. The Labute approximate surface area is 184 Å². The van der Waals surface area contributed by atoms with E-state index in [1.807, 2.05) is 30.3 Å². The standard InChI is InChI=1S/C22H14F4N4OS/c23-14-8-6-13(7-9-14)21-28-29-22(30(21)15-4-2-1-3-5-15)32-12-20(31)27-19-11-17(25)16(24)10-18(19)26/h1-11H,12H2,(H,27,31). The first-order valence-electron chi connectivity index (χ1n) is 9.26. The molecule has 0 aliphatic carbocycles. The minimum absolute atomic E-state index is 0.202. The predicted molar refractivity (Wildman–Crippen MR) is 112 cm³/mol. The van der Waals surface area contributed by atoms with E-state index in [0.29, 0.717) is 34.4 Å². The first-order chi connectivity index (χ1) is 15.4. The highest BCUT2D eigenvalue weighted by atomic mass is 32.2. The van der Waals surface area contributed by atoms with Gasteiger partial charge in [0.15, 0.2) is 22.6 Å². The number of carbonyl (C=O) groups excluding carboxylic acids is 1. The summed E-state index contributed by atoms with van der Waals surface area (Å²) in [6.07, 6.45) is 0. The van der Waals surface area contributed by atoms with Crippen LogP contribution in [-0.2, 0) is 4.79 Å². The minimum Gasteiger partial charge on any atom is -0.323 e. The van der Waals surface area contributed by atoms with Crippen molar-refractivity contribution in [3.8, 4) is 17.1 Å². The largest absolute Gasteiger partial charge is 0.323 e. The van der Waals surface area contributed by atoms with Gasteiger partial charge in [0.1, 0.15) is 11.6 Å². The zero-order valence-electron chi connectivity index (χ0n) is 16.2. The van der Waals surface area contributed by atoms with Gasteiger partial charge < -0.3 is 5.32 Å². The molecule has 32 heavy (non-hydrogen) atoms. The number of nitrogens with one attached hydrogen (secondary N) is 1. The third-order valence-corrected chi connectivity index (χ3v) is 5.30. The Morgan fingerprint density at radius 3 is 2.28 bits per heavy atom. The second-order valence-electron chi connectivity index (χ2n) is 6.57. The summed E-state index contributed by atoms with van der Waals surface area (Å²) in [4.78, 5) is 12.3. The SMILES string of the molecule is O=C(CSc1nnc(-c2ccc(F)cc2)n1-c1ccccc1)Nc1cc(F)c(F)cc1F. The molecule has 0 fully saturated rings. The van der Waals surface area contributed by atoms with Crippen molar-refractivity contribution >= 4 is 23.4 Å². The van der Waals surface area contributed by atoms with E-state index < -0.39 is 34.9 Å². The highest BCUT2D eigenvalue weighted by Gasteiger charge is 2.18. The summed E-state index contributed by atoms with van der Waals surface area (Å²) < 4.78 is 55.2. The van der Waals surface area contributed by atoms with Crippen LogP contribution in [0, 0.1) is 23.3 Å².